The van der Waals surface area contributed by atoms with E-state index in [1.165, 1.54) is 44.6 Å². The van der Waals surface area contributed by atoms with Crippen LogP contribution in [0.5, 0.6) is 0 Å². The fourth-order valence-electron chi connectivity index (χ4n) is 3.31. The van der Waals surface area contributed by atoms with Gasteiger partial charge in [0.05, 0.1) is 0 Å². The topological polar surface area (TPSA) is 69.6 Å². The number of nitrogens with one attached hydrogen (secondary N) is 1. The number of hydrogen-bond acceptors (Lipinski definition) is 2. The number of amides is 2. The first kappa shape index (κ1) is 13.2. The lowest BCUT2D eigenvalue weighted by Gasteiger charge is -2.25. The quantitative estimate of drug-likeness (QED) is 0.799. The maximum absolute atomic E-state index is 11.8. The molecule has 0 aromatic heterocycles. The third-order valence-corrected chi connectivity index (χ3v) is 4.66. The largest absolute Gasteiger partial charge is 0.480 e. The predicted molar refractivity (Wildman–Crippen MR) is 67.2 cm³/mol. The molecular weight excluding hydrogens is 232 g/mol. The summed E-state index contributed by atoms with van der Waals surface area (Å²) in [5.74, 6) is 1.26. The Morgan fingerprint density at radius 3 is 2.61 bits per heavy atom. The van der Waals surface area contributed by atoms with Gasteiger partial charge >= 0.3 is 12.0 Å². The molecule has 0 saturated heterocycles. The number of carboxylic acid groups (broad SMARTS) is 1. The molecule has 0 aromatic rings. The van der Waals surface area contributed by atoms with Gasteiger partial charge in [0.25, 0.3) is 0 Å². The summed E-state index contributed by atoms with van der Waals surface area (Å²) in [7, 11) is 1.52. The second-order valence-corrected chi connectivity index (χ2v) is 5.75. The normalized spacial score (nSPS) is 31.1. The van der Waals surface area contributed by atoms with Crippen molar-refractivity contribution in [3.63, 3.8) is 0 Å². The number of nitrogens with zero attached hydrogens (tertiary/aromatic N) is 1. The van der Waals surface area contributed by atoms with Crippen molar-refractivity contribution in [2.45, 2.75) is 38.6 Å². The van der Waals surface area contributed by atoms with Crippen molar-refractivity contribution < 1.29 is 14.7 Å². The van der Waals surface area contributed by atoms with Crippen LogP contribution in [-0.2, 0) is 4.79 Å². The lowest BCUT2D eigenvalue weighted by Crippen LogP contribution is -2.47. The summed E-state index contributed by atoms with van der Waals surface area (Å²) in [5.41, 5.74) is 0. The van der Waals surface area contributed by atoms with Gasteiger partial charge in [0.15, 0.2) is 0 Å². The molecule has 0 radical (unpaired) electrons. The third kappa shape index (κ3) is 2.60. The maximum atomic E-state index is 11.8. The Labute approximate surface area is 108 Å². The fourth-order valence-corrected chi connectivity index (χ4v) is 3.31. The van der Waals surface area contributed by atoms with Gasteiger partial charge in [0.2, 0.25) is 0 Å². The standard InChI is InChI=1S/C13H22N2O3/c1-8(12(16)17)15(2)13(18)14-7-11-6-9-3-4-10(11)5-9/h8-11H,3-7H2,1-2H3,(H,14,18)(H,16,17). The Hall–Kier alpha value is -1.26. The van der Waals surface area contributed by atoms with Crippen LogP contribution in [0.15, 0.2) is 0 Å². The summed E-state index contributed by atoms with van der Waals surface area (Å²) in [6.07, 6.45) is 5.20. The molecule has 18 heavy (non-hydrogen) atoms. The minimum absolute atomic E-state index is 0.285. The first-order chi connectivity index (χ1) is 8.49. The van der Waals surface area contributed by atoms with Crippen molar-refractivity contribution in [2.24, 2.45) is 17.8 Å². The summed E-state index contributed by atoms with van der Waals surface area (Å²) in [6, 6.07) is -1.07. The second-order valence-electron chi connectivity index (χ2n) is 5.75. The summed E-state index contributed by atoms with van der Waals surface area (Å²) in [5, 5.41) is 11.7. The van der Waals surface area contributed by atoms with E-state index in [4.69, 9.17) is 5.11 Å². The van der Waals surface area contributed by atoms with Crippen LogP contribution < -0.4 is 5.32 Å². The maximum Gasteiger partial charge on any atom is 0.326 e. The number of likely N-dealkylation sites (N-methyl/N-ethyl adjacent to an activating group) is 1. The molecule has 0 aromatic carbocycles. The van der Waals surface area contributed by atoms with Gasteiger partial charge in [-0.1, -0.05) is 6.42 Å². The van der Waals surface area contributed by atoms with Gasteiger partial charge in [0, 0.05) is 13.6 Å². The molecule has 5 nitrogen and oxygen atoms in total. The molecule has 0 heterocycles. The van der Waals surface area contributed by atoms with Crippen molar-refractivity contribution in [1.29, 1.82) is 0 Å². The number of hydrogen-bond donors (Lipinski definition) is 2. The molecule has 2 N–H and O–H groups in total. The van der Waals surface area contributed by atoms with E-state index < -0.39 is 12.0 Å². The monoisotopic (exact) mass is 254 g/mol. The third-order valence-electron chi connectivity index (χ3n) is 4.66. The van der Waals surface area contributed by atoms with Crippen molar-refractivity contribution in [1.82, 2.24) is 10.2 Å². The Balaban J connectivity index is 1.76. The lowest BCUT2D eigenvalue weighted by molar-refractivity contribution is -0.141. The van der Waals surface area contributed by atoms with E-state index in [1.54, 1.807) is 0 Å². The van der Waals surface area contributed by atoms with Gasteiger partial charge < -0.3 is 15.3 Å². The number of fused-ring (bicyclic) bond motifs is 2. The minimum Gasteiger partial charge on any atom is -0.480 e. The molecule has 4 unspecified atom stereocenters. The Morgan fingerprint density at radius 1 is 1.39 bits per heavy atom. The highest BCUT2D eigenvalue weighted by molar-refractivity contribution is 5.82. The number of aliphatic carboxylic acids is 1. The Morgan fingerprint density at radius 2 is 2.11 bits per heavy atom. The second kappa shape index (κ2) is 5.16. The van der Waals surface area contributed by atoms with Crippen LogP contribution in [0.2, 0.25) is 0 Å². The summed E-state index contributed by atoms with van der Waals surface area (Å²) >= 11 is 0. The van der Waals surface area contributed by atoms with Gasteiger partial charge in [-0.3, -0.25) is 0 Å². The highest BCUT2D eigenvalue weighted by Crippen LogP contribution is 2.47. The first-order valence-electron chi connectivity index (χ1n) is 6.72. The SMILES string of the molecule is CC(C(=O)O)N(C)C(=O)NCC1CC2CCC1C2. The van der Waals surface area contributed by atoms with Crippen molar-refractivity contribution in [3.05, 3.63) is 0 Å². The number of carbonyl (C=O) groups excluding carboxylic acids is 1. The molecule has 0 spiro atoms. The van der Waals surface area contributed by atoms with Gasteiger partial charge in [0.1, 0.15) is 6.04 Å². The minimum atomic E-state index is -0.979. The number of carboxylic acids is 1. The number of carbonyl (C=O) groups is 2. The van der Waals surface area contributed by atoms with Crippen LogP contribution in [0.4, 0.5) is 4.79 Å². The number of rotatable bonds is 4. The van der Waals surface area contributed by atoms with E-state index in [-0.39, 0.29) is 6.03 Å². The fraction of sp³-hybridized carbons (Fsp3) is 0.846. The zero-order chi connectivity index (χ0) is 13.3. The zero-order valence-corrected chi connectivity index (χ0v) is 11.1. The molecule has 4 atom stereocenters. The van der Waals surface area contributed by atoms with Crippen molar-refractivity contribution in [2.75, 3.05) is 13.6 Å². The van der Waals surface area contributed by atoms with E-state index >= 15 is 0 Å². The average molecular weight is 254 g/mol. The van der Waals surface area contributed by atoms with Crippen LogP contribution in [0.1, 0.15) is 32.6 Å². The first-order valence-corrected chi connectivity index (χ1v) is 6.72. The van der Waals surface area contributed by atoms with Crippen LogP contribution in [0, 0.1) is 17.8 Å². The molecular formula is C13H22N2O3. The molecule has 2 fully saturated rings. The van der Waals surface area contributed by atoms with E-state index in [0.29, 0.717) is 12.5 Å². The molecule has 2 aliphatic rings. The molecule has 0 aliphatic heterocycles. The van der Waals surface area contributed by atoms with Crippen molar-refractivity contribution in [3.8, 4) is 0 Å². The van der Waals surface area contributed by atoms with Gasteiger partial charge in [-0.05, 0) is 43.9 Å². The van der Waals surface area contributed by atoms with Crippen LogP contribution in [0.25, 0.3) is 0 Å². The van der Waals surface area contributed by atoms with Gasteiger partial charge in [-0.2, -0.15) is 0 Å². The molecule has 2 saturated carbocycles. The van der Waals surface area contributed by atoms with Gasteiger partial charge in [-0.25, -0.2) is 9.59 Å². The van der Waals surface area contributed by atoms with E-state index in [0.717, 1.165) is 11.8 Å². The molecule has 102 valence electrons. The van der Waals surface area contributed by atoms with E-state index in [1.807, 2.05) is 0 Å². The molecule has 2 amide bonds. The highest BCUT2D eigenvalue weighted by Gasteiger charge is 2.39. The highest BCUT2D eigenvalue weighted by atomic mass is 16.4. The summed E-state index contributed by atoms with van der Waals surface area (Å²) in [4.78, 5) is 23.8. The van der Waals surface area contributed by atoms with E-state index in [9.17, 15) is 9.59 Å². The molecule has 5 heteroatoms. The Bertz CT molecular complexity index is 345. The van der Waals surface area contributed by atoms with Crippen LogP contribution >= 0.6 is 0 Å². The van der Waals surface area contributed by atoms with Gasteiger partial charge in [-0.15, -0.1) is 0 Å². The molecule has 2 aliphatic carbocycles. The van der Waals surface area contributed by atoms with Crippen LogP contribution in [-0.4, -0.2) is 41.6 Å². The summed E-state index contributed by atoms with van der Waals surface area (Å²) < 4.78 is 0. The lowest BCUT2D eigenvalue weighted by atomic mass is 9.89. The summed E-state index contributed by atoms with van der Waals surface area (Å²) in [6.45, 7) is 2.20. The molecule has 2 bridgehead atoms. The predicted octanol–water partition coefficient (Wildman–Crippen LogP) is 1.54. The smallest absolute Gasteiger partial charge is 0.326 e. The van der Waals surface area contributed by atoms with E-state index in [2.05, 4.69) is 5.32 Å². The zero-order valence-electron chi connectivity index (χ0n) is 11.1. The molecule has 2 rings (SSSR count). The van der Waals surface area contributed by atoms with Crippen molar-refractivity contribution >= 4 is 12.0 Å². The Kier molecular flexibility index (Phi) is 3.78. The van der Waals surface area contributed by atoms with Crippen LogP contribution in [0.3, 0.4) is 0 Å². The average Bonchev–Trinajstić information content (AvgIpc) is 2.95. The number of urea groups is 1.